The van der Waals surface area contributed by atoms with Gasteiger partial charge in [0.15, 0.2) is 5.82 Å². The van der Waals surface area contributed by atoms with Gasteiger partial charge in [-0.05, 0) is 25.7 Å². The number of ether oxygens (including phenoxy) is 1. The molecule has 5 heteroatoms. The maximum Gasteiger partial charge on any atom is 0.164 e. The maximum atomic E-state index is 6.30. The third-order valence-electron chi connectivity index (χ3n) is 4.24. The van der Waals surface area contributed by atoms with Gasteiger partial charge in [-0.3, -0.25) is 4.68 Å². The van der Waals surface area contributed by atoms with Crippen molar-refractivity contribution in [1.29, 1.82) is 0 Å². The van der Waals surface area contributed by atoms with E-state index >= 15 is 0 Å². The van der Waals surface area contributed by atoms with Gasteiger partial charge in [-0.25, -0.2) is 0 Å². The first kappa shape index (κ1) is 12.3. The van der Waals surface area contributed by atoms with Crippen LogP contribution in [-0.4, -0.2) is 21.5 Å². The van der Waals surface area contributed by atoms with Gasteiger partial charge < -0.3 is 10.5 Å². The standard InChI is InChI=1S/C13H20ClN3O/c14-11-9-17(16-12(11)15)8-10-4-7-13(18-10)5-2-1-3-6-13/h9-10H,1-8H2,(H2,15,16). The van der Waals surface area contributed by atoms with E-state index in [1.54, 1.807) is 6.20 Å². The smallest absolute Gasteiger partial charge is 0.164 e. The number of halogens is 1. The largest absolute Gasteiger partial charge is 0.381 e. The van der Waals surface area contributed by atoms with Gasteiger partial charge in [0.1, 0.15) is 5.02 Å². The minimum absolute atomic E-state index is 0.172. The highest BCUT2D eigenvalue weighted by molar-refractivity contribution is 6.32. The van der Waals surface area contributed by atoms with Crippen molar-refractivity contribution < 1.29 is 4.74 Å². The molecule has 1 spiro atoms. The lowest BCUT2D eigenvalue weighted by Gasteiger charge is -2.33. The van der Waals surface area contributed by atoms with E-state index < -0.39 is 0 Å². The van der Waals surface area contributed by atoms with Crippen LogP contribution < -0.4 is 5.73 Å². The predicted molar refractivity (Wildman–Crippen MR) is 71.6 cm³/mol. The molecule has 2 heterocycles. The van der Waals surface area contributed by atoms with Crippen molar-refractivity contribution in [2.24, 2.45) is 0 Å². The first-order chi connectivity index (χ1) is 8.67. The molecule has 3 rings (SSSR count). The zero-order valence-corrected chi connectivity index (χ0v) is 11.3. The fourth-order valence-corrected chi connectivity index (χ4v) is 3.45. The second-order valence-electron chi connectivity index (χ2n) is 5.61. The summed E-state index contributed by atoms with van der Waals surface area (Å²) in [7, 11) is 0. The van der Waals surface area contributed by atoms with Crippen LogP contribution in [0, 0.1) is 0 Å². The van der Waals surface area contributed by atoms with Crippen molar-refractivity contribution in [3.05, 3.63) is 11.2 Å². The second-order valence-corrected chi connectivity index (χ2v) is 6.01. The summed E-state index contributed by atoms with van der Waals surface area (Å²) in [5, 5.41) is 4.72. The van der Waals surface area contributed by atoms with Gasteiger partial charge in [0.25, 0.3) is 0 Å². The lowest BCUT2D eigenvalue weighted by molar-refractivity contribution is -0.0688. The van der Waals surface area contributed by atoms with E-state index in [9.17, 15) is 0 Å². The van der Waals surface area contributed by atoms with Crippen LogP contribution >= 0.6 is 11.6 Å². The van der Waals surface area contributed by atoms with Crippen LogP contribution in [0.5, 0.6) is 0 Å². The van der Waals surface area contributed by atoms with E-state index in [0.717, 1.165) is 13.0 Å². The molecule has 100 valence electrons. The fourth-order valence-electron chi connectivity index (χ4n) is 3.30. The Morgan fingerprint density at radius 2 is 2.17 bits per heavy atom. The summed E-state index contributed by atoms with van der Waals surface area (Å²) in [5.41, 5.74) is 5.82. The van der Waals surface area contributed by atoms with Crippen molar-refractivity contribution in [1.82, 2.24) is 9.78 Å². The molecule has 1 atom stereocenters. The summed E-state index contributed by atoms with van der Waals surface area (Å²) in [6.07, 6.45) is 10.8. The first-order valence-electron chi connectivity index (χ1n) is 6.83. The van der Waals surface area contributed by atoms with E-state index in [4.69, 9.17) is 22.1 Å². The molecule has 0 aromatic carbocycles. The van der Waals surface area contributed by atoms with Gasteiger partial charge in [0.2, 0.25) is 0 Å². The Morgan fingerprint density at radius 3 is 2.83 bits per heavy atom. The second kappa shape index (κ2) is 4.74. The molecule has 0 radical (unpaired) electrons. The van der Waals surface area contributed by atoms with Crippen molar-refractivity contribution in [3.8, 4) is 0 Å². The van der Waals surface area contributed by atoms with Gasteiger partial charge in [-0.2, -0.15) is 5.10 Å². The molecule has 1 saturated heterocycles. The molecular weight excluding hydrogens is 250 g/mol. The number of rotatable bonds is 2. The predicted octanol–water partition coefficient (Wildman–Crippen LogP) is 3.00. The Bertz CT molecular complexity index is 406. The summed E-state index contributed by atoms with van der Waals surface area (Å²) in [6, 6.07) is 0. The number of aromatic nitrogens is 2. The number of anilines is 1. The molecule has 2 aliphatic rings. The summed E-state index contributed by atoms with van der Waals surface area (Å²) in [4.78, 5) is 0. The highest BCUT2D eigenvalue weighted by Gasteiger charge is 2.40. The topological polar surface area (TPSA) is 53.1 Å². The Kier molecular flexibility index (Phi) is 3.24. The highest BCUT2D eigenvalue weighted by Crippen LogP contribution is 2.42. The van der Waals surface area contributed by atoms with Crippen LogP contribution in [0.3, 0.4) is 0 Å². The molecular formula is C13H20ClN3O. The lowest BCUT2D eigenvalue weighted by Crippen LogP contribution is -2.32. The summed E-state index contributed by atoms with van der Waals surface area (Å²) in [6.45, 7) is 0.763. The Labute approximate surface area is 112 Å². The first-order valence-corrected chi connectivity index (χ1v) is 7.21. The third-order valence-corrected chi connectivity index (χ3v) is 4.53. The SMILES string of the molecule is Nc1nn(CC2CCC3(CCCCC3)O2)cc1Cl. The van der Waals surface area contributed by atoms with Gasteiger partial charge in [0, 0.05) is 6.20 Å². The van der Waals surface area contributed by atoms with E-state index in [-0.39, 0.29) is 11.7 Å². The lowest BCUT2D eigenvalue weighted by atomic mass is 9.83. The molecule has 4 nitrogen and oxygen atoms in total. The van der Waals surface area contributed by atoms with Gasteiger partial charge >= 0.3 is 0 Å². The zero-order valence-electron chi connectivity index (χ0n) is 10.6. The van der Waals surface area contributed by atoms with Crippen molar-refractivity contribution in [2.75, 3.05) is 5.73 Å². The molecule has 1 saturated carbocycles. The molecule has 18 heavy (non-hydrogen) atoms. The summed E-state index contributed by atoms with van der Waals surface area (Å²) >= 11 is 5.91. The summed E-state index contributed by atoms with van der Waals surface area (Å²) < 4.78 is 8.11. The molecule has 1 aromatic heterocycles. The van der Waals surface area contributed by atoms with Crippen LogP contribution in [0.25, 0.3) is 0 Å². The Morgan fingerprint density at radius 1 is 1.39 bits per heavy atom. The number of nitrogens with zero attached hydrogens (tertiary/aromatic N) is 2. The number of nitrogen functional groups attached to an aromatic ring is 1. The molecule has 1 unspecified atom stereocenters. The maximum absolute atomic E-state index is 6.30. The van der Waals surface area contributed by atoms with E-state index in [2.05, 4.69) is 5.10 Å². The van der Waals surface area contributed by atoms with Crippen molar-refractivity contribution >= 4 is 17.4 Å². The molecule has 1 aliphatic carbocycles. The molecule has 0 amide bonds. The number of hydrogen-bond acceptors (Lipinski definition) is 3. The third kappa shape index (κ3) is 2.36. The Balaban J connectivity index is 1.62. The van der Waals surface area contributed by atoms with Crippen LogP contribution in [0.1, 0.15) is 44.9 Å². The minimum Gasteiger partial charge on any atom is -0.381 e. The van der Waals surface area contributed by atoms with E-state index in [1.165, 1.54) is 38.5 Å². The highest BCUT2D eigenvalue weighted by atomic mass is 35.5. The minimum atomic E-state index is 0.172. The van der Waals surface area contributed by atoms with Gasteiger partial charge in [0.05, 0.1) is 18.2 Å². The van der Waals surface area contributed by atoms with Crippen LogP contribution in [-0.2, 0) is 11.3 Å². The molecule has 2 fully saturated rings. The summed E-state index contributed by atoms with van der Waals surface area (Å²) in [5.74, 6) is 0.405. The number of nitrogens with two attached hydrogens (primary N) is 1. The average molecular weight is 270 g/mol. The van der Waals surface area contributed by atoms with E-state index in [0.29, 0.717) is 10.8 Å². The quantitative estimate of drug-likeness (QED) is 0.898. The zero-order chi connectivity index (χ0) is 12.6. The Hall–Kier alpha value is -0.740. The molecule has 0 bridgehead atoms. The normalized spacial score (nSPS) is 26.8. The van der Waals surface area contributed by atoms with Crippen LogP contribution in [0.4, 0.5) is 5.82 Å². The van der Waals surface area contributed by atoms with Gasteiger partial charge in [-0.15, -0.1) is 0 Å². The van der Waals surface area contributed by atoms with Gasteiger partial charge in [-0.1, -0.05) is 30.9 Å². The molecule has 2 N–H and O–H groups in total. The van der Waals surface area contributed by atoms with Crippen LogP contribution in [0.2, 0.25) is 5.02 Å². The average Bonchev–Trinajstić information content (AvgIpc) is 2.86. The van der Waals surface area contributed by atoms with Crippen LogP contribution in [0.15, 0.2) is 6.20 Å². The van der Waals surface area contributed by atoms with Crippen molar-refractivity contribution in [3.63, 3.8) is 0 Å². The molecule has 1 aromatic rings. The van der Waals surface area contributed by atoms with Crippen molar-refractivity contribution in [2.45, 2.75) is 63.2 Å². The molecule has 1 aliphatic heterocycles. The number of hydrogen-bond donors (Lipinski definition) is 1. The monoisotopic (exact) mass is 269 g/mol. The van der Waals surface area contributed by atoms with E-state index in [1.807, 2.05) is 4.68 Å². The fraction of sp³-hybridized carbons (Fsp3) is 0.769.